The molecule has 0 atom stereocenters. The minimum Gasteiger partial charge on any atom is -0.309 e. The van der Waals surface area contributed by atoms with E-state index in [0.29, 0.717) is 0 Å². The quantitative estimate of drug-likeness (QED) is 0.149. The van der Waals surface area contributed by atoms with Gasteiger partial charge in [0.15, 0.2) is 0 Å². The Kier molecular flexibility index (Phi) is 14.7. The maximum absolute atomic E-state index is 4.77. The molecule has 0 spiro atoms. The molecular weight excluding hydrogens is 1600 g/mol. The third-order valence-corrected chi connectivity index (χ3v) is 30.3. The van der Waals surface area contributed by atoms with Crippen molar-refractivity contribution in [3.05, 3.63) is 418 Å². The molecule has 28 aromatic carbocycles. The van der Waals surface area contributed by atoms with Crippen molar-refractivity contribution in [3.8, 4) is 72.7 Å². The van der Waals surface area contributed by atoms with Crippen LogP contribution >= 0.6 is 0 Å². The van der Waals surface area contributed by atoms with Gasteiger partial charge in [0.1, 0.15) is 0 Å². The SMILES string of the molecule is CC(C)(C)c1cc2ccc3ccc4c5cc6c(-c7ccccc7)c7c8cc9cc(-n%10c%11ccccc%11c%11ccccc%11%10)ccc9c9cccc(c7c(-c7ccccc7)c6cc5c5cc(c1)c2c3c45)c98.c1ccc(-c2c3cc4c(cc3c(-c3ccccc3)c3c5cc6cc(-c7ccccn7)ccc6c6cccc(c23)c65)c2ccc3ccc5cc(-c6ccccn6)cc6cc4c2c3c56)cc1. The van der Waals surface area contributed by atoms with Gasteiger partial charge in [0.05, 0.1) is 22.4 Å². The van der Waals surface area contributed by atoms with Crippen molar-refractivity contribution in [1.29, 1.82) is 0 Å². The number of aromatic nitrogens is 3. The van der Waals surface area contributed by atoms with Gasteiger partial charge in [-0.1, -0.05) is 306 Å². The molecule has 31 aromatic rings. The summed E-state index contributed by atoms with van der Waals surface area (Å²) in [7, 11) is 0. The van der Waals surface area contributed by atoms with E-state index in [4.69, 9.17) is 9.97 Å². The molecule has 0 saturated heterocycles. The van der Waals surface area contributed by atoms with E-state index in [1.165, 1.54) is 293 Å². The monoisotopic (exact) mass is 1680 g/mol. The average molecular weight is 1680 g/mol. The zero-order valence-electron chi connectivity index (χ0n) is 73.1. The maximum Gasteiger partial charge on any atom is 0.0702 e. The summed E-state index contributed by atoms with van der Waals surface area (Å²) in [5, 5.41) is 54.8. The van der Waals surface area contributed by atoms with Crippen molar-refractivity contribution in [1.82, 2.24) is 14.5 Å². The lowest BCUT2D eigenvalue weighted by atomic mass is 9.83. The summed E-state index contributed by atoms with van der Waals surface area (Å²) in [5.74, 6) is 0. The Labute approximate surface area is 763 Å². The number of hydrogen-bond acceptors (Lipinski definition) is 2. The molecule has 0 aliphatic heterocycles. The number of para-hydroxylation sites is 2. The lowest BCUT2D eigenvalue weighted by molar-refractivity contribution is 0.591. The molecule has 0 aliphatic carbocycles. The summed E-state index contributed by atoms with van der Waals surface area (Å²) in [6.45, 7) is 6.99. The Balaban J connectivity index is 0.000000128. The van der Waals surface area contributed by atoms with Crippen LogP contribution in [0.4, 0.5) is 0 Å². The van der Waals surface area contributed by atoms with Gasteiger partial charge in [-0.05, 0) is 386 Å². The topological polar surface area (TPSA) is 30.7 Å². The molecule has 0 saturated carbocycles. The Morgan fingerprint density at radius 3 is 0.992 bits per heavy atom. The van der Waals surface area contributed by atoms with E-state index in [2.05, 4.69) is 414 Å². The van der Waals surface area contributed by atoms with Crippen molar-refractivity contribution in [2.75, 3.05) is 0 Å². The van der Waals surface area contributed by atoms with Gasteiger partial charge >= 0.3 is 0 Å². The van der Waals surface area contributed by atoms with Gasteiger partial charge in [-0.15, -0.1) is 0 Å². The highest BCUT2D eigenvalue weighted by atomic mass is 15.0. The first-order valence-electron chi connectivity index (χ1n) is 46.5. The van der Waals surface area contributed by atoms with Crippen molar-refractivity contribution < 1.29 is 0 Å². The molecule has 3 heteroatoms. The van der Waals surface area contributed by atoms with Gasteiger partial charge in [0.25, 0.3) is 0 Å². The second-order valence-electron chi connectivity index (χ2n) is 38.3. The molecule has 0 bridgehead atoms. The predicted molar refractivity (Wildman–Crippen MR) is 571 cm³/mol. The van der Waals surface area contributed by atoms with Crippen LogP contribution < -0.4 is 0 Å². The Morgan fingerprint density at radius 2 is 0.519 bits per heavy atom. The largest absolute Gasteiger partial charge is 0.309 e. The molecule has 0 amide bonds. The summed E-state index contributed by atoms with van der Waals surface area (Å²) in [6.07, 6.45) is 3.77. The van der Waals surface area contributed by atoms with E-state index in [-0.39, 0.29) is 5.41 Å². The smallest absolute Gasteiger partial charge is 0.0702 e. The zero-order chi connectivity index (χ0) is 87.1. The molecule has 3 heterocycles. The van der Waals surface area contributed by atoms with Gasteiger partial charge in [0.2, 0.25) is 0 Å². The fraction of sp³-hybridized carbons (Fsp3) is 0.0308. The van der Waals surface area contributed by atoms with Crippen molar-refractivity contribution >= 4 is 237 Å². The third-order valence-electron chi connectivity index (χ3n) is 30.3. The van der Waals surface area contributed by atoms with Crippen LogP contribution in [0.3, 0.4) is 0 Å². The van der Waals surface area contributed by atoms with Crippen molar-refractivity contribution in [2.24, 2.45) is 0 Å². The molecule has 3 aromatic heterocycles. The average Bonchev–Trinajstić information content (AvgIpc) is 1.52. The number of nitrogens with zero attached hydrogens (tertiary/aromatic N) is 3. The highest BCUT2D eigenvalue weighted by Crippen LogP contribution is 2.59. The van der Waals surface area contributed by atoms with Crippen molar-refractivity contribution in [2.45, 2.75) is 26.2 Å². The fourth-order valence-electron chi connectivity index (χ4n) is 24.8. The van der Waals surface area contributed by atoms with Gasteiger partial charge < -0.3 is 4.57 Å². The van der Waals surface area contributed by atoms with E-state index in [1.807, 2.05) is 24.5 Å². The maximum atomic E-state index is 4.77. The van der Waals surface area contributed by atoms with Crippen LogP contribution in [0.15, 0.2) is 413 Å². The molecule has 0 fully saturated rings. The number of rotatable bonds is 7. The number of pyridine rings is 2. The van der Waals surface area contributed by atoms with E-state index in [9.17, 15) is 0 Å². The van der Waals surface area contributed by atoms with Gasteiger partial charge in [-0.2, -0.15) is 0 Å². The molecule has 0 radical (unpaired) electrons. The molecule has 31 rings (SSSR count). The lowest BCUT2D eigenvalue weighted by Gasteiger charge is -2.21. The van der Waals surface area contributed by atoms with Crippen LogP contribution in [-0.4, -0.2) is 14.5 Å². The number of hydrogen-bond donors (Lipinski definition) is 0. The first-order valence-corrected chi connectivity index (χ1v) is 46.5. The summed E-state index contributed by atoms with van der Waals surface area (Å²) in [5.41, 5.74) is 19.3. The highest BCUT2D eigenvalue weighted by molar-refractivity contribution is 6.48. The molecule has 0 N–H and O–H groups in total. The van der Waals surface area contributed by atoms with E-state index < -0.39 is 0 Å². The molecule has 0 unspecified atom stereocenters. The van der Waals surface area contributed by atoms with Crippen LogP contribution in [0.1, 0.15) is 26.3 Å². The standard InChI is InChI=1S/C68H43N.C62H34N2/c1-68(2,3)44-31-41-26-25-40-27-29-50-52-36-55-56(37-53(52)54-35-43(32-44)60(41)63(40)65(50)54)61(38-15-6-4-7-16-38)66-51-22-14-21-49-46-30-28-45(69-58-23-12-10-19-47(58)48-20-11-13-24-59(48)69)33-42(46)34-57(64(49)51)67(66)62(55)39-17-8-5-9-18-39;1-3-12-35(13-4-1)56-51-34-48-47(45-25-22-37-20-21-39-29-41(54-19-8-10-27-64-54)30-42-32-49(48)60(45)58(37)55(39)42)33-50(51)57(36-14-5-2-6-15-36)62-52-31-40-28-38(53-18-7-9-26-63-53)23-24-43(40)44-16-11-17-46(59(44)52)61(56)62/h4-37H,1-3H3;1-34H. The molecule has 0 aliphatic rings. The van der Waals surface area contributed by atoms with Crippen LogP contribution in [0.2, 0.25) is 0 Å². The van der Waals surface area contributed by atoms with Crippen LogP contribution in [0.25, 0.3) is 310 Å². The lowest BCUT2D eigenvalue weighted by Crippen LogP contribution is -2.10. The molecular formula is C130H77N3. The van der Waals surface area contributed by atoms with Crippen LogP contribution in [-0.2, 0) is 5.41 Å². The summed E-state index contributed by atoms with van der Waals surface area (Å²) in [6, 6.07) is 151. The fourth-order valence-corrected chi connectivity index (χ4v) is 24.8. The molecule has 133 heavy (non-hydrogen) atoms. The second-order valence-corrected chi connectivity index (χ2v) is 38.3. The van der Waals surface area contributed by atoms with E-state index >= 15 is 0 Å². The van der Waals surface area contributed by atoms with Crippen molar-refractivity contribution in [3.63, 3.8) is 0 Å². The third kappa shape index (κ3) is 10.1. The number of fused-ring (bicyclic) bond motifs is 21. The predicted octanol–water partition coefficient (Wildman–Crippen LogP) is 36.3. The van der Waals surface area contributed by atoms with E-state index in [1.54, 1.807) is 0 Å². The highest BCUT2D eigenvalue weighted by Gasteiger charge is 2.32. The number of benzene rings is 24. The summed E-state index contributed by atoms with van der Waals surface area (Å²) < 4.78 is 2.45. The Hall–Kier alpha value is -17.0. The summed E-state index contributed by atoms with van der Waals surface area (Å²) in [4.78, 5) is 9.50. The first kappa shape index (κ1) is 73.0. The van der Waals surface area contributed by atoms with E-state index in [0.717, 1.165) is 22.5 Å². The Morgan fingerprint density at radius 1 is 0.173 bits per heavy atom. The van der Waals surface area contributed by atoms with Gasteiger partial charge in [-0.25, -0.2) is 0 Å². The normalized spacial score (nSPS) is 12.6. The van der Waals surface area contributed by atoms with Gasteiger partial charge in [0, 0.05) is 40.0 Å². The van der Waals surface area contributed by atoms with Crippen LogP contribution in [0, 0.1) is 0 Å². The Bertz CT molecular complexity index is 10300. The van der Waals surface area contributed by atoms with Gasteiger partial charge in [-0.3, -0.25) is 9.97 Å². The first-order chi connectivity index (χ1) is 65.6. The van der Waals surface area contributed by atoms with Crippen LogP contribution in [0.5, 0.6) is 0 Å². The minimum absolute atomic E-state index is 0.0315. The molecule has 3 nitrogen and oxygen atoms in total. The molecule has 612 valence electrons. The second kappa shape index (κ2) is 26.8. The minimum atomic E-state index is 0.0315. The summed E-state index contributed by atoms with van der Waals surface area (Å²) >= 11 is 0. The zero-order valence-corrected chi connectivity index (χ0v) is 73.1.